The molecule has 4 heteroatoms. The van der Waals surface area contributed by atoms with Gasteiger partial charge in [0, 0.05) is 15.9 Å². The average molecular weight is 332 g/mol. The van der Waals surface area contributed by atoms with Crippen molar-refractivity contribution >= 4 is 34.8 Å². The average Bonchev–Trinajstić information content (AvgIpc) is 2.43. The lowest BCUT2D eigenvalue weighted by Crippen LogP contribution is -2.11. The molecule has 2 aromatic carbocycles. The van der Waals surface area contributed by atoms with Crippen molar-refractivity contribution in [2.45, 2.75) is 12.8 Å². The zero-order valence-electron chi connectivity index (χ0n) is 10.8. The van der Waals surface area contributed by atoms with Gasteiger partial charge in [0.2, 0.25) is 0 Å². The molecule has 1 unspecified atom stereocenters. The second-order valence-corrected chi connectivity index (χ2v) is 5.88. The first-order valence-electron chi connectivity index (χ1n) is 6.33. The SMILES string of the molecule is Fc1ccc(CC(CCl)Cc2ccccc2Cl)c(Cl)c1. The third-order valence-electron chi connectivity index (χ3n) is 3.21. The summed E-state index contributed by atoms with van der Waals surface area (Å²) < 4.78 is 13.0. The highest BCUT2D eigenvalue weighted by Crippen LogP contribution is 2.25. The Balaban J connectivity index is 2.11. The van der Waals surface area contributed by atoms with Crippen molar-refractivity contribution < 1.29 is 4.39 Å². The Hall–Kier alpha value is -0.760. The summed E-state index contributed by atoms with van der Waals surface area (Å²) in [5.41, 5.74) is 1.98. The van der Waals surface area contributed by atoms with Gasteiger partial charge in [-0.3, -0.25) is 0 Å². The smallest absolute Gasteiger partial charge is 0.124 e. The Morgan fingerprint density at radius 3 is 2.15 bits per heavy atom. The van der Waals surface area contributed by atoms with Crippen molar-refractivity contribution in [1.29, 1.82) is 0 Å². The minimum absolute atomic E-state index is 0.208. The standard InChI is InChI=1S/C16H14Cl3F/c17-10-11(7-12-3-1-2-4-15(12)18)8-13-5-6-14(20)9-16(13)19/h1-6,9,11H,7-8,10H2. The summed E-state index contributed by atoms with van der Waals surface area (Å²) in [6.07, 6.45) is 1.48. The molecule has 106 valence electrons. The highest BCUT2D eigenvalue weighted by atomic mass is 35.5. The van der Waals surface area contributed by atoms with Crippen molar-refractivity contribution in [1.82, 2.24) is 0 Å². The minimum atomic E-state index is -0.327. The van der Waals surface area contributed by atoms with Crippen LogP contribution in [0.15, 0.2) is 42.5 Å². The number of benzene rings is 2. The molecule has 20 heavy (non-hydrogen) atoms. The Kier molecular flexibility index (Phi) is 5.71. The summed E-state index contributed by atoms with van der Waals surface area (Å²) in [4.78, 5) is 0. The van der Waals surface area contributed by atoms with Gasteiger partial charge in [-0.15, -0.1) is 11.6 Å². The maximum absolute atomic E-state index is 13.0. The lowest BCUT2D eigenvalue weighted by Gasteiger charge is -2.16. The van der Waals surface area contributed by atoms with E-state index in [-0.39, 0.29) is 11.7 Å². The molecule has 0 aromatic heterocycles. The van der Waals surface area contributed by atoms with Gasteiger partial charge in [0.1, 0.15) is 5.82 Å². The maximum Gasteiger partial charge on any atom is 0.124 e. The van der Waals surface area contributed by atoms with Crippen LogP contribution < -0.4 is 0 Å². The van der Waals surface area contributed by atoms with E-state index in [9.17, 15) is 4.39 Å². The van der Waals surface area contributed by atoms with Gasteiger partial charge in [0.05, 0.1) is 0 Å². The van der Waals surface area contributed by atoms with Gasteiger partial charge in [0.25, 0.3) is 0 Å². The van der Waals surface area contributed by atoms with E-state index in [1.807, 2.05) is 24.3 Å². The van der Waals surface area contributed by atoms with Crippen molar-refractivity contribution in [2.24, 2.45) is 5.92 Å². The zero-order chi connectivity index (χ0) is 14.5. The molecule has 0 aliphatic carbocycles. The normalized spacial score (nSPS) is 12.4. The fourth-order valence-electron chi connectivity index (χ4n) is 2.15. The van der Waals surface area contributed by atoms with E-state index >= 15 is 0 Å². The van der Waals surface area contributed by atoms with Gasteiger partial charge in [-0.1, -0.05) is 47.5 Å². The first-order chi connectivity index (χ1) is 9.60. The predicted molar refractivity (Wildman–Crippen MR) is 84.5 cm³/mol. The maximum atomic E-state index is 13.0. The molecule has 0 saturated heterocycles. The van der Waals surface area contributed by atoms with E-state index in [1.165, 1.54) is 12.1 Å². The van der Waals surface area contributed by atoms with Crippen molar-refractivity contribution in [3.05, 3.63) is 69.5 Å². The number of hydrogen-bond acceptors (Lipinski definition) is 0. The van der Waals surface area contributed by atoms with E-state index in [4.69, 9.17) is 34.8 Å². The van der Waals surface area contributed by atoms with Crippen molar-refractivity contribution in [3.63, 3.8) is 0 Å². The van der Waals surface area contributed by atoms with Crippen molar-refractivity contribution in [3.8, 4) is 0 Å². The Labute approximate surface area is 133 Å². The molecule has 0 amide bonds. The van der Waals surface area contributed by atoms with E-state index < -0.39 is 0 Å². The van der Waals surface area contributed by atoms with Crippen LogP contribution in [0.5, 0.6) is 0 Å². The number of rotatable bonds is 5. The molecule has 2 rings (SSSR count). The third kappa shape index (κ3) is 4.12. The molecule has 0 radical (unpaired) electrons. The van der Waals surface area contributed by atoms with Crippen LogP contribution in [0.3, 0.4) is 0 Å². The number of alkyl halides is 1. The topological polar surface area (TPSA) is 0 Å². The first-order valence-corrected chi connectivity index (χ1v) is 7.62. The van der Waals surface area contributed by atoms with Gasteiger partial charge in [-0.05, 0) is 48.1 Å². The predicted octanol–water partition coefficient (Wildman–Crippen LogP) is 5.77. The zero-order valence-corrected chi connectivity index (χ0v) is 13.0. The summed E-state index contributed by atoms with van der Waals surface area (Å²) in [6, 6.07) is 12.2. The quantitative estimate of drug-likeness (QED) is 0.610. The molecule has 0 aliphatic heterocycles. The van der Waals surface area contributed by atoms with Crippen LogP contribution >= 0.6 is 34.8 Å². The monoisotopic (exact) mass is 330 g/mol. The van der Waals surface area contributed by atoms with E-state index in [2.05, 4.69) is 0 Å². The minimum Gasteiger partial charge on any atom is -0.207 e. The van der Waals surface area contributed by atoms with Crippen LogP contribution in [0.25, 0.3) is 0 Å². The summed E-state index contributed by atoms with van der Waals surface area (Å²) in [6.45, 7) is 0. The molecule has 0 aliphatic rings. The first kappa shape index (κ1) is 15.6. The molecule has 0 N–H and O–H groups in total. The van der Waals surface area contributed by atoms with E-state index in [1.54, 1.807) is 6.07 Å². The van der Waals surface area contributed by atoms with Crippen LogP contribution in [-0.2, 0) is 12.8 Å². The van der Waals surface area contributed by atoms with Crippen molar-refractivity contribution in [2.75, 3.05) is 5.88 Å². The Morgan fingerprint density at radius 1 is 0.900 bits per heavy atom. The molecular formula is C16H14Cl3F. The highest BCUT2D eigenvalue weighted by molar-refractivity contribution is 6.31. The molecule has 1 atom stereocenters. The van der Waals surface area contributed by atoms with Crippen LogP contribution in [0.2, 0.25) is 10.0 Å². The van der Waals surface area contributed by atoms with Gasteiger partial charge in [-0.25, -0.2) is 4.39 Å². The number of halogens is 4. The van der Waals surface area contributed by atoms with Crippen LogP contribution in [0, 0.1) is 11.7 Å². The Bertz CT molecular complexity index is 584. The summed E-state index contributed by atoms with van der Waals surface area (Å²) >= 11 is 18.3. The molecule has 0 spiro atoms. The van der Waals surface area contributed by atoms with Crippen LogP contribution in [0.1, 0.15) is 11.1 Å². The largest absolute Gasteiger partial charge is 0.207 e. The molecule has 0 saturated carbocycles. The molecule has 0 nitrogen and oxygen atoms in total. The lowest BCUT2D eigenvalue weighted by atomic mass is 9.94. The third-order valence-corrected chi connectivity index (χ3v) is 4.37. The second kappa shape index (κ2) is 7.31. The molecule has 0 heterocycles. The van der Waals surface area contributed by atoms with Gasteiger partial charge >= 0.3 is 0 Å². The van der Waals surface area contributed by atoms with Gasteiger partial charge < -0.3 is 0 Å². The van der Waals surface area contributed by atoms with Gasteiger partial charge in [-0.2, -0.15) is 0 Å². The van der Waals surface area contributed by atoms with Crippen LogP contribution in [0.4, 0.5) is 4.39 Å². The number of hydrogen-bond donors (Lipinski definition) is 0. The van der Waals surface area contributed by atoms with Gasteiger partial charge in [0.15, 0.2) is 0 Å². The molecular weight excluding hydrogens is 318 g/mol. The second-order valence-electron chi connectivity index (χ2n) is 4.76. The highest BCUT2D eigenvalue weighted by Gasteiger charge is 2.13. The molecule has 0 fully saturated rings. The Morgan fingerprint density at radius 2 is 1.55 bits per heavy atom. The lowest BCUT2D eigenvalue weighted by molar-refractivity contribution is 0.581. The van der Waals surface area contributed by atoms with E-state index in [0.29, 0.717) is 17.3 Å². The molecule has 2 aromatic rings. The summed E-state index contributed by atoms with van der Waals surface area (Å²) in [7, 11) is 0. The van der Waals surface area contributed by atoms with Crippen LogP contribution in [-0.4, -0.2) is 5.88 Å². The molecule has 0 bridgehead atoms. The summed E-state index contributed by atoms with van der Waals surface area (Å²) in [5, 5.41) is 1.19. The van der Waals surface area contributed by atoms with E-state index in [0.717, 1.165) is 22.6 Å². The fourth-order valence-corrected chi connectivity index (χ4v) is 2.83. The fraction of sp³-hybridized carbons (Fsp3) is 0.250. The summed E-state index contributed by atoms with van der Waals surface area (Å²) in [5.74, 6) is 0.380.